The van der Waals surface area contributed by atoms with Gasteiger partial charge in [0.1, 0.15) is 11.4 Å². The third-order valence-corrected chi connectivity index (χ3v) is 2.95. The van der Waals surface area contributed by atoms with Crippen molar-refractivity contribution < 1.29 is 9.53 Å². The zero-order valence-electron chi connectivity index (χ0n) is 8.30. The van der Waals surface area contributed by atoms with Gasteiger partial charge in [0.15, 0.2) is 0 Å². The lowest BCUT2D eigenvalue weighted by molar-refractivity contribution is -0.131. The van der Waals surface area contributed by atoms with E-state index >= 15 is 0 Å². The van der Waals surface area contributed by atoms with Gasteiger partial charge in [-0.2, -0.15) is 0 Å². The molecular formula is C11H16O2. The Labute approximate surface area is 79.7 Å². The lowest BCUT2D eigenvalue weighted by Crippen LogP contribution is -2.44. The normalized spacial score (nSPS) is 33.8. The minimum atomic E-state index is -0.621. The quantitative estimate of drug-likeness (QED) is 0.605. The third-order valence-electron chi connectivity index (χ3n) is 2.95. The van der Waals surface area contributed by atoms with Gasteiger partial charge in [-0.1, -0.05) is 12.3 Å². The van der Waals surface area contributed by atoms with Crippen molar-refractivity contribution in [2.75, 3.05) is 7.11 Å². The number of hydrogen-bond acceptors (Lipinski definition) is 2. The van der Waals surface area contributed by atoms with E-state index in [9.17, 15) is 4.79 Å². The highest BCUT2D eigenvalue weighted by molar-refractivity contribution is 5.80. The van der Waals surface area contributed by atoms with Crippen LogP contribution in [0.4, 0.5) is 0 Å². The maximum atomic E-state index is 11.4. The fraction of sp³-hybridized carbons (Fsp3) is 0.727. The molecule has 1 saturated carbocycles. The summed E-state index contributed by atoms with van der Waals surface area (Å²) in [5.41, 5.74) is -0.621. The lowest BCUT2D eigenvalue weighted by atomic mass is 9.74. The second-order valence-electron chi connectivity index (χ2n) is 3.65. The molecule has 0 aromatic heterocycles. The van der Waals surface area contributed by atoms with E-state index in [1.54, 1.807) is 14.0 Å². The van der Waals surface area contributed by atoms with E-state index in [1.165, 1.54) is 0 Å². The van der Waals surface area contributed by atoms with Crippen LogP contribution in [0.1, 0.15) is 32.6 Å². The minimum Gasteiger partial charge on any atom is -0.365 e. The fourth-order valence-electron chi connectivity index (χ4n) is 2.15. The van der Waals surface area contributed by atoms with E-state index in [2.05, 4.69) is 5.92 Å². The molecule has 13 heavy (non-hydrogen) atoms. The van der Waals surface area contributed by atoms with Crippen LogP contribution in [0.2, 0.25) is 0 Å². The van der Waals surface area contributed by atoms with E-state index in [-0.39, 0.29) is 11.7 Å². The van der Waals surface area contributed by atoms with Gasteiger partial charge in [-0.15, -0.1) is 6.42 Å². The molecule has 0 heterocycles. The average molecular weight is 180 g/mol. The molecule has 1 aliphatic carbocycles. The molecule has 0 bridgehead atoms. The molecule has 0 aromatic rings. The Bertz CT molecular complexity index is 239. The lowest BCUT2D eigenvalue weighted by Gasteiger charge is -2.37. The molecule has 2 nitrogen and oxygen atoms in total. The zero-order chi connectivity index (χ0) is 9.90. The van der Waals surface area contributed by atoms with Crippen molar-refractivity contribution in [3.05, 3.63) is 0 Å². The van der Waals surface area contributed by atoms with Crippen LogP contribution in [0.15, 0.2) is 0 Å². The summed E-state index contributed by atoms with van der Waals surface area (Å²) in [5.74, 6) is 2.71. The Hall–Kier alpha value is -0.810. The van der Waals surface area contributed by atoms with Crippen molar-refractivity contribution in [3.63, 3.8) is 0 Å². The first-order valence-electron chi connectivity index (χ1n) is 4.69. The first kappa shape index (κ1) is 10.3. The van der Waals surface area contributed by atoms with Gasteiger partial charge in [0.2, 0.25) is 0 Å². The summed E-state index contributed by atoms with van der Waals surface area (Å²) in [6.07, 6.45) is 9.27. The topological polar surface area (TPSA) is 26.3 Å². The average Bonchev–Trinajstić information content (AvgIpc) is 2.17. The van der Waals surface area contributed by atoms with Crippen molar-refractivity contribution in [1.82, 2.24) is 0 Å². The summed E-state index contributed by atoms with van der Waals surface area (Å²) in [4.78, 5) is 11.4. The van der Waals surface area contributed by atoms with Crippen LogP contribution in [0, 0.1) is 18.3 Å². The monoisotopic (exact) mass is 180 g/mol. The van der Waals surface area contributed by atoms with Crippen LogP contribution in [0.3, 0.4) is 0 Å². The molecule has 0 aromatic carbocycles. The number of terminal acetylenes is 1. The van der Waals surface area contributed by atoms with Crippen LogP contribution >= 0.6 is 0 Å². The highest BCUT2D eigenvalue weighted by atomic mass is 16.5. The SMILES string of the molecule is C#CC1(OC)CCCCC1C(C)=O. The number of Topliss-reactive ketones (excluding diaryl/α,β-unsaturated/α-hetero) is 1. The van der Waals surface area contributed by atoms with Crippen molar-refractivity contribution in [3.8, 4) is 12.3 Å². The van der Waals surface area contributed by atoms with Gasteiger partial charge in [0, 0.05) is 7.11 Å². The van der Waals surface area contributed by atoms with E-state index < -0.39 is 5.60 Å². The van der Waals surface area contributed by atoms with Crippen LogP contribution in [-0.2, 0) is 9.53 Å². The molecule has 72 valence electrons. The molecule has 0 radical (unpaired) electrons. The van der Waals surface area contributed by atoms with Crippen molar-refractivity contribution in [2.45, 2.75) is 38.2 Å². The predicted molar refractivity (Wildman–Crippen MR) is 51.2 cm³/mol. The predicted octanol–water partition coefficient (Wildman–Crippen LogP) is 1.78. The smallest absolute Gasteiger partial charge is 0.137 e. The second-order valence-corrected chi connectivity index (χ2v) is 3.65. The van der Waals surface area contributed by atoms with E-state index in [0.29, 0.717) is 0 Å². The highest BCUT2D eigenvalue weighted by Gasteiger charge is 2.41. The van der Waals surface area contributed by atoms with E-state index in [1.807, 2.05) is 0 Å². The zero-order valence-corrected chi connectivity index (χ0v) is 8.30. The maximum Gasteiger partial charge on any atom is 0.137 e. The molecule has 1 rings (SSSR count). The molecule has 2 unspecified atom stereocenters. The number of hydrogen-bond donors (Lipinski definition) is 0. The van der Waals surface area contributed by atoms with Crippen LogP contribution in [-0.4, -0.2) is 18.5 Å². The van der Waals surface area contributed by atoms with Gasteiger partial charge in [-0.3, -0.25) is 4.79 Å². The molecule has 0 N–H and O–H groups in total. The molecule has 1 fully saturated rings. The number of carbonyl (C=O) groups is 1. The number of rotatable bonds is 2. The second kappa shape index (κ2) is 3.93. The Morgan fingerprint density at radius 1 is 1.62 bits per heavy atom. The molecule has 2 atom stereocenters. The fourth-order valence-corrected chi connectivity index (χ4v) is 2.15. The van der Waals surface area contributed by atoms with Crippen LogP contribution in [0.5, 0.6) is 0 Å². The summed E-state index contributed by atoms with van der Waals surface area (Å²) in [5, 5.41) is 0. The standard InChI is InChI=1S/C11H16O2/c1-4-11(13-3)8-6-5-7-10(11)9(2)12/h1,10H,5-8H2,2-3H3. The van der Waals surface area contributed by atoms with Gasteiger partial charge < -0.3 is 4.74 Å². The first-order chi connectivity index (χ1) is 6.16. The number of ether oxygens (including phenoxy) is 1. The molecule has 1 aliphatic rings. The van der Waals surface area contributed by atoms with Crippen molar-refractivity contribution in [1.29, 1.82) is 0 Å². The molecule has 0 saturated heterocycles. The summed E-state index contributed by atoms with van der Waals surface area (Å²) >= 11 is 0. The number of methoxy groups -OCH3 is 1. The Kier molecular flexibility index (Phi) is 3.11. The maximum absolute atomic E-state index is 11.4. The largest absolute Gasteiger partial charge is 0.365 e. The summed E-state index contributed by atoms with van der Waals surface area (Å²) in [6.45, 7) is 1.60. The summed E-state index contributed by atoms with van der Waals surface area (Å²) in [6, 6.07) is 0. The summed E-state index contributed by atoms with van der Waals surface area (Å²) in [7, 11) is 1.60. The molecular weight excluding hydrogens is 164 g/mol. The molecule has 0 amide bonds. The molecule has 0 aliphatic heterocycles. The van der Waals surface area contributed by atoms with Crippen molar-refractivity contribution >= 4 is 5.78 Å². The van der Waals surface area contributed by atoms with Gasteiger partial charge in [0.25, 0.3) is 0 Å². The van der Waals surface area contributed by atoms with Gasteiger partial charge in [-0.25, -0.2) is 0 Å². The third kappa shape index (κ3) is 1.76. The van der Waals surface area contributed by atoms with Crippen LogP contribution in [0.25, 0.3) is 0 Å². The Morgan fingerprint density at radius 3 is 2.69 bits per heavy atom. The highest BCUT2D eigenvalue weighted by Crippen LogP contribution is 2.36. The number of ketones is 1. The minimum absolute atomic E-state index is 0.101. The van der Waals surface area contributed by atoms with E-state index in [4.69, 9.17) is 11.2 Å². The van der Waals surface area contributed by atoms with Crippen molar-refractivity contribution in [2.24, 2.45) is 5.92 Å². The Balaban J connectivity index is 2.89. The van der Waals surface area contributed by atoms with Gasteiger partial charge in [0.05, 0.1) is 5.92 Å². The van der Waals surface area contributed by atoms with E-state index in [0.717, 1.165) is 25.7 Å². The first-order valence-corrected chi connectivity index (χ1v) is 4.69. The van der Waals surface area contributed by atoms with Crippen LogP contribution < -0.4 is 0 Å². The van der Waals surface area contributed by atoms with Gasteiger partial charge in [-0.05, 0) is 26.2 Å². The Morgan fingerprint density at radius 2 is 2.31 bits per heavy atom. The molecule has 0 spiro atoms. The summed E-state index contributed by atoms with van der Waals surface area (Å²) < 4.78 is 5.34. The molecule has 2 heteroatoms. The van der Waals surface area contributed by atoms with Gasteiger partial charge >= 0.3 is 0 Å². The number of carbonyl (C=O) groups excluding carboxylic acids is 1.